The number of likely N-dealkylation sites (N-methyl/N-ethyl adjacent to an activating group) is 1. The third-order valence-corrected chi connectivity index (χ3v) is 30.1. The van der Waals surface area contributed by atoms with Crippen molar-refractivity contribution in [3.8, 4) is 34.1 Å². The molecule has 0 radical (unpaired) electrons. The first-order chi connectivity index (χ1) is 68.4. The van der Waals surface area contributed by atoms with Gasteiger partial charge in [0.1, 0.15) is 24.7 Å². The van der Waals surface area contributed by atoms with Gasteiger partial charge in [0.25, 0.3) is 0 Å². The van der Waals surface area contributed by atoms with Crippen molar-refractivity contribution in [2.45, 2.75) is 319 Å². The van der Waals surface area contributed by atoms with E-state index in [1.165, 1.54) is 137 Å². The molecular weight excluding hydrogens is 1870 g/mol. The monoisotopic (exact) mass is 2060 g/mol. The van der Waals surface area contributed by atoms with Gasteiger partial charge in [-0.1, -0.05) is 345 Å². The molecule has 15 rings (SSSR count). The number of aliphatic hydroxyl groups is 1. The number of nitrogens with two attached hydrogens (primary N) is 1. The fourth-order valence-corrected chi connectivity index (χ4v) is 19.4. The Balaban J connectivity index is 0.000000227. The van der Waals surface area contributed by atoms with Crippen LogP contribution in [0, 0.1) is 13.8 Å². The second-order valence-corrected chi connectivity index (χ2v) is 58.0. The average Bonchev–Trinajstić information content (AvgIpc) is 1.38. The number of rotatable bonds is 15. The molecule has 2 aromatic heterocycles. The number of piperidine rings is 2. The molecule has 0 bridgehead atoms. The van der Waals surface area contributed by atoms with Crippen molar-refractivity contribution >= 4 is 37.1 Å². The van der Waals surface area contributed by atoms with Crippen molar-refractivity contribution in [1.82, 2.24) is 50.0 Å². The van der Waals surface area contributed by atoms with E-state index in [4.69, 9.17) is 20.3 Å². The third-order valence-electron chi connectivity index (χ3n) is 27.4. The average molecular weight is 2060 g/mol. The van der Waals surface area contributed by atoms with Crippen LogP contribution in [0.25, 0.3) is 22.6 Å². The molecule has 148 heavy (non-hydrogen) atoms. The number of nitrogens with one attached hydrogen (secondary N) is 1. The van der Waals surface area contributed by atoms with Crippen LogP contribution in [0.2, 0.25) is 0 Å². The van der Waals surface area contributed by atoms with Gasteiger partial charge in [-0.2, -0.15) is 10.3 Å². The molecule has 4 N–H and O–H groups in total. The van der Waals surface area contributed by atoms with E-state index in [2.05, 4.69) is 388 Å². The van der Waals surface area contributed by atoms with Crippen molar-refractivity contribution in [3.05, 3.63) is 296 Å². The zero-order chi connectivity index (χ0) is 111. The van der Waals surface area contributed by atoms with Crippen molar-refractivity contribution in [1.29, 1.82) is 0 Å². The lowest BCUT2D eigenvalue weighted by Gasteiger charge is -2.36. The van der Waals surface area contributed by atoms with Crippen LogP contribution in [0.4, 0.5) is 5.69 Å². The number of hydrogen-bond donors (Lipinski definition) is 3. The molecule has 4 fully saturated rings. The number of H-pyrrole nitrogens is 1. The number of primary amides is 1. The van der Waals surface area contributed by atoms with E-state index < -0.39 is 14.3 Å². The molecule has 3 aliphatic heterocycles. The van der Waals surface area contributed by atoms with Gasteiger partial charge < -0.3 is 53.9 Å². The summed E-state index contributed by atoms with van der Waals surface area (Å²) >= 11 is 0. The van der Waals surface area contributed by atoms with Crippen LogP contribution >= 0.6 is 14.3 Å². The lowest BCUT2D eigenvalue weighted by atomic mass is 9.84. The Morgan fingerprint density at radius 2 is 0.939 bits per heavy atom. The van der Waals surface area contributed by atoms with Gasteiger partial charge >= 0.3 is 0 Å². The van der Waals surface area contributed by atoms with Gasteiger partial charge in [-0.25, -0.2) is 0 Å². The van der Waals surface area contributed by atoms with Crippen molar-refractivity contribution in [2.75, 3.05) is 119 Å². The van der Waals surface area contributed by atoms with Crippen LogP contribution in [-0.2, 0) is 82.5 Å². The van der Waals surface area contributed by atoms with E-state index in [-0.39, 0.29) is 67.2 Å². The lowest BCUT2D eigenvalue weighted by molar-refractivity contribution is -0.132. The Morgan fingerprint density at radius 3 is 1.37 bits per heavy atom. The van der Waals surface area contributed by atoms with E-state index in [9.17, 15) is 18.7 Å². The first-order valence-electron chi connectivity index (χ1n) is 53.4. The van der Waals surface area contributed by atoms with Crippen LogP contribution in [-0.4, -0.2) is 193 Å². The SMILES string of the molecule is CC(C)(C)c1ccc(CO)cc1.CC(C)(C)c1cccc(-c2nn[nH]n2)c1.CC(C)(C)c1cccc(C(N)=O)c1.CC(C)(C)c1cccc(CP(C)(C)=O)c1.CN(C)CC(=O)N1CCN(c2ccc(C(C)(C)C)cc2)CC1.CN1CCC(c2ccc(C(C)(C)C)cc2)CC1.COc1cc(P(C)(C)=O)ccc1C(C)(C)C.Cc1cc(C(C)(C)C)ccc1-c1ccn(C)n1.Cc1cc(C(C)(C)C)ccc1OC1CCN(C2CC2)CC1. The summed E-state index contributed by atoms with van der Waals surface area (Å²) in [6.07, 6.45) is 10.9. The van der Waals surface area contributed by atoms with Gasteiger partial charge in [-0.15, -0.1) is 10.2 Å². The summed E-state index contributed by atoms with van der Waals surface area (Å²) in [6.45, 7) is 80.0. The molecule has 1 saturated carbocycles. The topological polar surface area (TPSA) is 221 Å². The molecule has 0 spiro atoms. The highest BCUT2D eigenvalue weighted by atomic mass is 31.2. The number of carbonyl (C=O) groups is 2. The summed E-state index contributed by atoms with van der Waals surface area (Å²) in [4.78, 5) is 34.3. The predicted octanol–water partition coefficient (Wildman–Crippen LogP) is 28.0. The number of aromatic nitrogens is 6. The van der Waals surface area contributed by atoms with E-state index in [0.29, 0.717) is 30.2 Å². The third kappa shape index (κ3) is 41.9. The van der Waals surface area contributed by atoms with Crippen LogP contribution < -0.4 is 25.4 Å². The number of aromatic amines is 1. The lowest BCUT2D eigenvalue weighted by Crippen LogP contribution is -2.50. The minimum Gasteiger partial charge on any atom is -0.496 e. The normalized spacial score (nSPS) is 14.9. The maximum Gasteiger partial charge on any atom is 0.248 e. The number of likely N-dealkylation sites (tertiary alicyclic amines) is 2. The van der Waals surface area contributed by atoms with Crippen molar-refractivity contribution in [2.24, 2.45) is 12.8 Å². The van der Waals surface area contributed by atoms with Crippen LogP contribution in [0.15, 0.2) is 212 Å². The molecule has 1 aliphatic carbocycles. The molecule has 2 amide bonds. The van der Waals surface area contributed by atoms with Gasteiger partial charge in [0.15, 0.2) is 0 Å². The van der Waals surface area contributed by atoms with Crippen LogP contribution in [0.3, 0.4) is 0 Å². The Hall–Kier alpha value is -10.1. The number of amides is 2. The number of piperazine rings is 1. The highest BCUT2D eigenvalue weighted by molar-refractivity contribution is 7.70. The molecule has 4 aliphatic rings. The summed E-state index contributed by atoms with van der Waals surface area (Å²) < 4.78 is 37.2. The number of carbonyl (C=O) groups excluding carboxylic acids is 2. The number of aliphatic hydroxyl groups excluding tert-OH is 1. The highest BCUT2D eigenvalue weighted by Gasteiger charge is 2.34. The number of benzene rings is 9. The van der Waals surface area contributed by atoms with Gasteiger partial charge in [0, 0.05) is 92.4 Å². The highest BCUT2D eigenvalue weighted by Crippen LogP contribution is 2.43. The first-order valence-corrected chi connectivity index (χ1v) is 58.8. The van der Waals surface area contributed by atoms with E-state index >= 15 is 0 Å². The number of hydrogen-bond acceptors (Lipinski definition) is 15. The Kier molecular flexibility index (Phi) is 45.3. The minimum absolute atomic E-state index is 0.0370. The van der Waals surface area contributed by atoms with Gasteiger partial charge in [0.2, 0.25) is 17.6 Å². The molecule has 11 aromatic rings. The number of nitrogens with zero attached hydrogens (tertiary/aromatic N) is 10. The Morgan fingerprint density at radius 1 is 0.473 bits per heavy atom. The summed E-state index contributed by atoms with van der Waals surface area (Å²) in [7, 11) is 5.53. The summed E-state index contributed by atoms with van der Waals surface area (Å²) in [5.41, 5.74) is 29.7. The quantitative estimate of drug-likeness (QED) is 0.0812. The minimum atomic E-state index is -2.21. The molecular formula is C127H190N12O7P2. The van der Waals surface area contributed by atoms with Gasteiger partial charge in [-0.05, 0) is 300 Å². The largest absolute Gasteiger partial charge is 0.496 e. The van der Waals surface area contributed by atoms with Crippen molar-refractivity contribution < 1.29 is 33.3 Å². The standard InChI is InChI=1S/C19H29NO.C18H29N3O.C16H25N.C15H20N2.C13H21O2P.C13H21OP.C11H14N4.C11H15NO.C11H16O/c1-14-13-15(19(2,3)4)5-8-18(14)21-17-9-11-20(12-10-17)16-6-7-16;1-18(2,3)15-6-8-16(9-7-15)20-10-12-21(13-11-20)17(22)14-19(4)5;1-16(2,3)15-7-5-13(6-8-15)14-9-11-17(4)12-10-14;1-11-10-12(15(2,3)4)6-7-13(11)14-8-9-17(5)16-14;1-13(2,3)11-8-7-10(16(5,6)14)9-12(11)15-4;1-13(2,3)12-8-6-7-11(9-12)10-15(4,5)14;1-11(2,3)9-6-4-5-8(7-9)10-12-14-15-13-10;1-11(2,3)9-6-4-5-8(7-9)10(12)13;1-11(2,3)10-6-4-9(8-12)5-7-10/h5,8,13,16-17H,6-7,9-12H2,1-4H3;6-9H,10-14H2,1-5H3;5-8,14H,9-12H2,1-4H3;6-10H,1-5H3;7-9H,1-6H3;6-9H,10H2,1-5H3;4-7H,1-3H3,(H,12,13,14,15);4-7H,1-3H3,(H2,12,13);4-7,12H,8H2,1-3H3. The second-order valence-electron chi connectivity index (χ2n) is 51.4. The molecule has 21 heteroatoms. The molecule has 19 nitrogen and oxygen atoms in total. The van der Waals surface area contributed by atoms with Crippen LogP contribution in [0.1, 0.15) is 320 Å². The van der Waals surface area contributed by atoms with E-state index in [0.717, 1.165) is 82.9 Å². The predicted molar refractivity (Wildman–Crippen MR) is 629 cm³/mol. The number of anilines is 1. The Labute approximate surface area is 895 Å². The number of methoxy groups -OCH3 is 1. The Bertz CT molecular complexity index is 6020. The van der Waals surface area contributed by atoms with E-state index in [1.54, 1.807) is 26.5 Å². The number of ether oxygens (including phenoxy) is 2. The summed E-state index contributed by atoms with van der Waals surface area (Å²) in [6, 6.07) is 72.5. The molecule has 3 saturated heterocycles. The maximum atomic E-state index is 12.1. The maximum absolute atomic E-state index is 12.1. The fourth-order valence-electron chi connectivity index (χ4n) is 17.4. The molecule has 0 unspecified atom stereocenters. The zero-order valence-corrected chi connectivity index (χ0v) is 100. The zero-order valence-electron chi connectivity index (χ0n) is 98.3. The molecule has 9 aromatic carbocycles. The number of aryl methyl sites for hydroxylation is 3. The first kappa shape index (κ1) is 125. The second kappa shape index (κ2) is 53.7. The smallest absolute Gasteiger partial charge is 0.248 e. The van der Waals surface area contributed by atoms with Gasteiger partial charge in [0.05, 0.1) is 33.1 Å². The molecule has 5 heterocycles. The number of tetrazole rings is 1. The molecule has 0 atom stereocenters. The summed E-state index contributed by atoms with van der Waals surface area (Å²) in [5, 5.41) is 28.1. The summed E-state index contributed by atoms with van der Waals surface area (Å²) in [5.74, 6) is 3.18. The molecule has 810 valence electrons. The van der Waals surface area contributed by atoms with Crippen LogP contribution in [0.5, 0.6) is 11.5 Å². The van der Waals surface area contributed by atoms with E-state index in [1.807, 2.05) is 116 Å². The fraction of sp³-hybridized carbons (Fsp3) is 0.528. The van der Waals surface area contributed by atoms with Gasteiger partial charge in [-0.3, -0.25) is 14.3 Å². The van der Waals surface area contributed by atoms with Crippen molar-refractivity contribution in [3.63, 3.8) is 0 Å².